The second-order valence-corrected chi connectivity index (χ2v) is 3.86. The molecule has 1 N–H and O–H groups in total. The van der Waals surface area contributed by atoms with E-state index in [4.69, 9.17) is 0 Å². The molecule has 0 aliphatic rings. The quantitative estimate of drug-likeness (QED) is 0.871. The summed E-state index contributed by atoms with van der Waals surface area (Å²) < 4.78 is 0. The monoisotopic (exact) mass is 230 g/mol. The van der Waals surface area contributed by atoms with E-state index in [-0.39, 0.29) is 11.9 Å². The van der Waals surface area contributed by atoms with Gasteiger partial charge in [-0.3, -0.25) is 4.79 Å². The predicted molar refractivity (Wildman–Crippen MR) is 63.3 cm³/mol. The Morgan fingerprint density at radius 2 is 2.06 bits per heavy atom. The largest absolute Gasteiger partial charge is 0.334 e. The van der Waals surface area contributed by atoms with E-state index in [1.807, 2.05) is 37.3 Å². The van der Waals surface area contributed by atoms with Gasteiger partial charge in [0.05, 0.1) is 12.2 Å². The number of aromatic nitrogens is 3. The van der Waals surface area contributed by atoms with Crippen LogP contribution in [0.3, 0.4) is 0 Å². The van der Waals surface area contributed by atoms with E-state index in [0.717, 1.165) is 5.56 Å². The second kappa shape index (κ2) is 4.78. The van der Waals surface area contributed by atoms with E-state index in [9.17, 15) is 4.79 Å². The highest BCUT2D eigenvalue weighted by Crippen LogP contribution is 2.19. The zero-order chi connectivity index (χ0) is 12.3. The molecule has 5 nitrogen and oxygen atoms in total. The van der Waals surface area contributed by atoms with Gasteiger partial charge in [0.15, 0.2) is 5.69 Å². The van der Waals surface area contributed by atoms with Crippen molar-refractivity contribution in [1.82, 2.24) is 20.3 Å². The Balaban J connectivity index is 2.15. The number of aromatic amines is 1. The van der Waals surface area contributed by atoms with Crippen molar-refractivity contribution in [2.45, 2.75) is 13.0 Å². The molecule has 1 aromatic heterocycles. The van der Waals surface area contributed by atoms with Crippen LogP contribution >= 0.6 is 0 Å². The van der Waals surface area contributed by atoms with E-state index in [1.165, 1.54) is 6.20 Å². The SMILES string of the molecule is C[C@H](c1ccccc1)N(C)C(=O)c1cn[nH]n1. The first-order chi connectivity index (χ1) is 8.20. The Labute approximate surface area is 99.5 Å². The number of nitrogens with zero attached hydrogens (tertiary/aromatic N) is 3. The molecule has 0 radical (unpaired) electrons. The fourth-order valence-electron chi connectivity index (χ4n) is 1.62. The summed E-state index contributed by atoms with van der Waals surface area (Å²) in [4.78, 5) is 13.7. The molecule has 0 unspecified atom stereocenters. The van der Waals surface area contributed by atoms with Crippen LogP contribution in [0.25, 0.3) is 0 Å². The van der Waals surface area contributed by atoms with Gasteiger partial charge in [-0.2, -0.15) is 15.4 Å². The number of rotatable bonds is 3. The Morgan fingerprint density at radius 1 is 1.35 bits per heavy atom. The first-order valence-electron chi connectivity index (χ1n) is 5.38. The molecular weight excluding hydrogens is 216 g/mol. The number of carbonyl (C=O) groups excluding carboxylic acids is 1. The molecule has 1 amide bonds. The minimum absolute atomic E-state index is 0.000370. The van der Waals surface area contributed by atoms with Crippen molar-refractivity contribution in [1.29, 1.82) is 0 Å². The minimum atomic E-state index is -0.143. The lowest BCUT2D eigenvalue weighted by Crippen LogP contribution is -2.29. The zero-order valence-electron chi connectivity index (χ0n) is 9.79. The van der Waals surface area contributed by atoms with Gasteiger partial charge in [0.2, 0.25) is 0 Å². The van der Waals surface area contributed by atoms with Gasteiger partial charge < -0.3 is 4.90 Å². The highest BCUT2D eigenvalue weighted by Gasteiger charge is 2.20. The minimum Gasteiger partial charge on any atom is -0.334 e. The van der Waals surface area contributed by atoms with Gasteiger partial charge in [0.1, 0.15) is 0 Å². The Morgan fingerprint density at radius 3 is 2.65 bits per heavy atom. The molecule has 0 saturated heterocycles. The van der Waals surface area contributed by atoms with Crippen molar-refractivity contribution in [3.8, 4) is 0 Å². The van der Waals surface area contributed by atoms with Crippen LogP contribution in [-0.2, 0) is 0 Å². The summed E-state index contributed by atoms with van der Waals surface area (Å²) in [5.41, 5.74) is 1.42. The average molecular weight is 230 g/mol. The maximum Gasteiger partial charge on any atom is 0.276 e. The molecule has 0 spiro atoms. The van der Waals surface area contributed by atoms with Crippen LogP contribution < -0.4 is 0 Å². The highest BCUT2D eigenvalue weighted by molar-refractivity contribution is 5.91. The van der Waals surface area contributed by atoms with Crippen LogP contribution in [0.15, 0.2) is 36.5 Å². The van der Waals surface area contributed by atoms with Gasteiger partial charge in [-0.05, 0) is 12.5 Å². The summed E-state index contributed by atoms with van der Waals surface area (Å²) in [6.07, 6.45) is 1.43. The normalized spacial score (nSPS) is 12.1. The number of H-pyrrole nitrogens is 1. The molecule has 0 saturated carbocycles. The van der Waals surface area contributed by atoms with Crippen molar-refractivity contribution in [3.63, 3.8) is 0 Å². The summed E-state index contributed by atoms with van der Waals surface area (Å²) in [7, 11) is 1.76. The predicted octanol–water partition coefficient (Wildman–Crippen LogP) is 1.64. The first kappa shape index (κ1) is 11.3. The molecule has 88 valence electrons. The highest BCUT2D eigenvalue weighted by atomic mass is 16.2. The van der Waals surface area contributed by atoms with Crippen LogP contribution in [0, 0.1) is 0 Å². The number of hydrogen-bond acceptors (Lipinski definition) is 3. The lowest BCUT2D eigenvalue weighted by molar-refractivity contribution is 0.0736. The summed E-state index contributed by atoms with van der Waals surface area (Å²) in [5.74, 6) is -0.143. The number of amides is 1. The number of carbonyl (C=O) groups is 1. The fourth-order valence-corrected chi connectivity index (χ4v) is 1.62. The van der Waals surface area contributed by atoms with Crippen LogP contribution in [0.2, 0.25) is 0 Å². The summed E-state index contributed by atoms with van der Waals surface area (Å²) in [6.45, 7) is 1.98. The van der Waals surface area contributed by atoms with Gasteiger partial charge in [0.25, 0.3) is 5.91 Å². The van der Waals surface area contributed by atoms with Gasteiger partial charge in [-0.25, -0.2) is 0 Å². The molecule has 2 rings (SSSR count). The van der Waals surface area contributed by atoms with Gasteiger partial charge in [-0.1, -0.05) is 30.3 Å². The van der Waals surface area contributed by atoms with Crippen LogP contribution in [0.4, 0.5) is 0 Å². The number of benzene rings is 1. The maximum absolute atomic E-state index is 12.0. The summed E-state index contributed by atoms with van der Waals surface area (Å²) >= 11 is 0. The second-order valence-electron chi connectivity index (χ2n) is 3.86. The van der Waals surface area contributed by atoms with Crippen molar-refractivity contribution in [2.75, 3.05) is 7.05 Å². The maximum atomic E-state index is 12.0. The third-order valence-corrected chi connectivity index (χ3v) is 2.82. The summed E-state index contributed by atoms with van der Waals surface area (Å²) in [5, 5.41) is 9.86. The molecule has 1 aromatic carbocycles. The lowest BCUT2D eigenvalue weighted by atomic mass is 10.1. The summed E-state index contributed by atoms with van der Waals surface area (Å²) in [6, 6.07) is 9.87. The Hall–Kier alpha value is -2.17. The number of hydrogen-bond donors (Lipinski definition) is 1. The average Bonchev–Trinajstić information content (AvgIpc) is 2.91. The molecule has 5 heteroatoms. The van der Waals surface area contributed by atoms with E-state index < -0.39 is 0 Å². The molecule has 0 fully saturated rings. The van der Waals surface area contributed by atoms with Crippen molar-refractivity contribution in [2.24, 2.45) is 0 Å². The van der Waals surface area contributed by atoms with Crippen molar-refractivity contribution in [3.05, 3.63) is 47.8 Å². The smallest absolute Gasteiger partial charge is 0.276 e. The fraction of sp³-hybridized carbons (Fsp3) is 0.250. The van der Waals surface area contributed by atoms with Crippen LogP contribution in [0.5, 0.6) is 0 Å². The molecule has 0 aliphatic carbocycles. The molecule has 17 heavy (non-hydrogen) atoms. The van der Waals surface area contributed by atoms with Gasteiger partial charge >= 0.3 is 0 Å². The van der Waals surface area contributed by atoms with E-state index in [2.05, 4.69) is 15.4 Å². The van der Waals surface area contributed by atoms with Gasteiger partial charge in [-0.15, -0.1) is 0 Å². The Bertz CT molecular complexity index is 480. The van der Waals surface area contributed by atoms with E-state index in [1.54, 1.807) is 11.9 Å². The molecule has 1 heterocycles. The lowest BCUT2D eigenvalue weighted by Gasteiger charge is -2.24. The molecule has 0 bridgehead atoms. The van der Waals surface area contributed by atoms with E-state index >= 15 is 0 Å². The molecular formula is C12H14N4O. The van der Waals surface area contributed by atoms with Crippen molar-refractivity contribution < 1.29 is 4.79 Å². The first-order valence-corrected chi connectivity index (χ1v) is 5.38. The third-order valence-electron chi connectivity index (χ3n) is 2.82. The Kier molecular flexibility index (Phi) is 3.18. The molecule has 2 aromatic rings. The molecule has 1 atom stereocenters. The number of nitrogens with one attached hydrogen (secondary N) is 1. The topological polar surface area (TPSA) is 61.9 Å². The van der Waals surface area contributed by atoms with Crippen LogP contribution in [0.1, 0.15) is 29.0 Å². The van der Waals surface area contributed by atoms with E-state index in [0.29, 0.717) is 5.69 Å². The standard InChI is InChI=1S/C12H14N4O/c1-9(10-6-4-3-5-7-10)16(2)12(17)11-8-13-15-14-11/h3-9H,1-2H3,(H,13,14,15)/t9-/m1/s1. The van der Waals surface area contributed by atoms with Crippen LogP contribution in [-0.4, -0.2) is 33.3 Å². The zero-order valence-corrected chi connectivity index (χ0v) is 9.79. The molecule has 0 aliphatic heterocycles. The van der Waals surface area contributed by atoms with Gasteiger partial charge in [0, 0.05) is 7.05 Å². The van der Waals surface area contributed by atoms with Crippen molar-refractivity contribution >= 4 is 5.91 Å². The third kappa shape index (κ3) is 2.33.